The molecule has 6 nitrogen and oxygen atoms in total. The van der Waals surface area contributed by atoms with E-state index in [1.54, 1.807) is 18.2 Å². The number of piperidine rings is 1. The zero-order chi connectivity index (χ0) is 19.6. The Kier molecular flexibility index (Phi) is 6.05. The van der Waals surface area contributed by atoms with Crippen molar-refractivity contribution in [3.63, 3.8) is 0 Å². The van der Waals surface area contributed by atoms with Gasteiger partial charge in [-0.3, -0.25) is 9.59 Å². The van der Waals surface area contributed by atoms with Crippen molar-refractivity contribution < 1.29 is 19.1 Å². The number of halogens is 1. The Morgan fingerprint density at radius 3 is 2.78 bits per heavy atom. The van der Waals surface area contributed by atoms with Gasteiger partial charge in [0.2, 0.25) is 11.8 Å². The van der Waals surface area contributed by atoms with E-state index in [0.717, 1.165) is 32.2 Å². The Morgan fingerprint density at radius 2 is 2.07 bits per heavy atom. The number of amides is 2. The second kappa shape index (κ2) is 8.30. The maximum absolute atomic E-state index is 13.0. The van der Waals surface area contributed by atoms with Crippen molar-refractivity contribution in [2.24, 2.45) is 5.92 Å². The molecule has 3 rings (SSSR count). The normalized spacial score (nSPS) is 22.9. The van der Waals surface area contributed by atoms with Gasteiger partial charge >= 0.3 is 5.97 Å². The fraction of sp³-hybridized carbons (Fsp3) is 0.550. The Bertz CT molecular complexity index is 751. The van der Waals surface area contributed by atoms with Crippen LogP contribution in [0, 0.1) is 5.92 Å². The monoisotopic (exact) mass is 392 g/mol. The number of ether oxygens (including phenoxy) is 1. The molecule has 2 heterocycles. The van der Waals surface area contributed by atoms with Crippen molar-refractivity contribution in [3.8, 4) is 0 Å². The van der Waals surface area contributed by atoms with E-state index >= 15 is 0 Å². The maximum Gasteiger partial charge on any atom is 0.337 e. The van der Waals surface area contributed by atoms with E-state index in [-0.39, 0.29) is 36.7 Å². The summed E-state index contributed by atoms with van der Waals surface area (Å²) in [6.07, 6.45) is 4.29. The standard InChI is InChI=1S/C20H25ClN2O4/c1-3-15-6-4-5-9-22(15)19(25)14-11-18(24)23(12-14)17-10-13(20(26)27-2)7-8-16(17)21/h7-8,10,14-15H,3-6,9,11-12H2,1-2H3. The van der Waals surface area contributed by atoms with Gasteiger partial charge in [-0.05, 0) is 43.9 Å². The molecule has 0 spiro atoms. The van der Waals surface area contributed by atoms with Crippen LogP contribution >= 0.6 is 11.6 Å². The molecule has 0 N–H and O–H groups in total. The molecule has 2 amide bonds. The van der Waals surface area contributed by atoms with Crippen molar-refractivity contribution in [2.75, 3.05) is 25.1 Å². The summed E-state index contributed by atoms with van der Waals surface area (Å²) in [4.78, 5) is 40.9. The van der Waals surface area contributed by atoms with E-state index in [0.29, 0.717) is 16.3 Å². The quantitative estimate of drug-likeness (QED) is 0.737. The molecule has 146 valence electrons. The molecule has 0 aliphatic carbocycles. The van der Waals surface area contributed by atoms with E-state index in [9.17, 15) is 14.4 Å². The average Bonchev–Trinajstić information content (AvgIpc) is 3.08. The largest absolute Gasteiger partial charge is 0.465 e. The summed E-state index contributed by atoms with van der Waals surface area (Å²) >= 11 is 6.27. The van der Waals surface area contributed by atoms with Gasteiger partial charge in [-0.25, -0.2) is 4.79 Å². The fourth-order valence-corrected chi connectivity index (χ4v) is 4.24. The van der Waals surface area contributed by atoms with Gasteiger partial charge in [0.15, 0.2) is 0 Å². The molecule has 0 bridgehead atoms. The fourth-order valence-electron chi connectivity index (χ4n) is 4.02. The number of anilines is 1. The second-order valence-electron chi connectivity index (χ2n) is 7.15. The van der Waals surface area contributed by atoms with Crippen molar-refractivity contribution in [2.45, 2.75) is 45.1 Å². The first kappa shape index (κ1) is 19.7. The smallest absolute Gasteiger partial charge is 0.337 e. The maximum atomic E-state index is 13.0. The summed E-state index contributed by atoms with van der Waals surface area (Å²) in [5.41, 5.74) is 0.770. The molecule has 27 heavy (non-hydrogen) atoms. The molecular formula is C20H25ClN2O4. The highest BCUT2D eigenvalue weighted by Crippen LogP contribution is 2.34. The Morgan fingerprint density at radius 1 is 1.30 bits per heavy atom. The molecule has 2 fully saturated rings. The van der Waals surface area contributed by atoms with E-state index in [4.69, 9.17) is 16.3 Å². The summed E-state index contributed by atoms with van der Waals surface area (Å²) < 4.78 is 4.74. The average molecular weight is 393 g/mol. The van der Waals surface area contributed by atoms with Crippen LogP contribution in [0.1, 0.15) is 49.4 Å². The molecule has 2 aliphatic rings. The van der Waals surface area contributed by atoms with Gasteiger partial charge in [0, 0.05) is 25.6 Å². The zero-order valence-electron chi connectivity index (χ0n) is 15.7. The molecular weight excluding hydrogens is 368 g/mol. The predicted octanol–water partition coefficient (Wildman–Crippen LogP) is 3.27. The number of benzene rings is 1. The van der Waals surface area contributed by atoms with Crippen LogP contribution < -0.4 is 4.90 Å². The molecule has 7 heteroatoms. The third-order valence-electron chi connectivity index (χ3n) is 5.51. The lowest BCUT2D eigenvalue weighted by Gasteiger charge is -2.36. The van der Waals surface area contributed by atoms with Crippen molar-refractivity contribution >= 4 is 35.1 Å². The van der Waals surface area contributed by atoms with E-state index in [1.165, 1.54) is 12.0 Å². The number of hydrogen-bond donors (Lipinski definition) is 0. The molecule has 0 radical (unpaired) electrons. The Labute approximate surface area is 164 Å². The molecule has 2 atom stereocenters. The van der Waals surface area contributed by atoms with Crippen molar-refractivity contribution in [3.05, 3.63) is 28.8 Å². The van der Waals surface area contributed by atoms with Gasteiger partial charge in [-0.15, -0.1) is 0 Å². The number of nitrogens with zero attached hydrogens (tertiary/aromatic N) is 2. The van der Waals surface area contributed by atoms with Crippen molar-refractivity contribution in [1.29, 1.82) is 0 Å². The lowest BCUT2D eigenvalue weighted by molar-refractivity contribution is -0.139. The van der Waals surface area contributed by atoms with E-state index < -0.39 is 5.97 Å². The summed E-state index contributed by atoms with van der Waals surface area (Å²) in [7, 11) is 1.30. The number of likely N-dealkylation sites (tertiary alicyclic amines) is 1. The minimum absolute atomic E-state index is 0.0534. The SMILES string of the molecule is CCC1CCCCN1C(=O)C1CC(=O)N(c2cc(C(=O)OC)ccc2Cl)C1. The van der Waals surface area contributed by atoms with Crippen LogP contribution in [0.2, 0.25) is 5.02 Å². The van der Waals surface area contributed by atoms with E-state index in [1.807, 2.05) is 4.90 Å². The lowest BCUT2D eigenvalue weighted by Crippen LogP contribution is -2.46. The van der Waals surface area contributed by atoms with Gasteiger partial charge in [-0.2, -0.15) is 0 Å². The highest BCUT2D eigenvalue weighted by molar-refractivity contribution is 6.34. The number of carbonyl (C=O) groups is 3. The molecule has 1 aromatic carbocycles. The number of methoxy groups -OCH3 is 1. The first-order chi connectivity index (χ1) is 13.0. The van der Waals surface area contributed by atoms with Crippen LogP contribution in [0.3, 0.4) is 0 Å². The van der Waals surface area contributed by atoms with Crippen LogP contribution in [0.15, 0.2) is 18.2 Å². The molecule has 0 saturated carbocycles. The van der Waals surface area contributed by atoms with Crippen LogP contribution in [-0.4, -0.2) is 48.9 Å². The molecule has 2 saturated heterocycles. The minimum Gasteiger partial charge on any atom is -0.465 e. The first-order valence-electron chi connectivity index (χ1n) is 9.45. The highest BCUT2D eigenvalue weighted by Gasteiger charge is 2.39. The van der Waals surface area contributed by atoms with Gasteiger partial charge in [0.25, 0.3) is 0 Å². The number of hydrogen-bond acceptors (Lipinski definition) is 4. The number of rotatable bonds is 4. The number of esters is 1. The van der Waals surface area contributed by atoms with Crippen molar-refractivity contribution in [1.82, 2.24) is 4.90 Å². The Balaban J connectivity index is 1.79. The summed E-state index contributed by atoms with van der Waals surface area (Å²) in [6, 6.07) is 4.94. The predicted molar refractivity (Wildman–Crippen MR) is 103 cm³/mol. The highest BCUT2D eigenvalue weighted by atomic mass is 35.5. The zero-order valence-corrected chi connectivity index (χ0v) is 16.5. The van der Waals surface area contributed by atoms with Crippen LogP contribution in [0.5, 0.6) is 0 Å². The van der Waals surface area contributed by atoms with Crippen LogP contribution in [-0.2, 0) is 14.3 Å². The second-order valence-corrected chi connectivity index (χ2v) is 7.56. The third kappa shape index (κ3) is 3.95. The number of carbonyl (C=O) groups excluding carboxylic acids is 3. The molecule has 1 aromatic rings. The minimum atomic E-state index is -0.494. The summed E-state index contributed by atoms with van der Waals surface area (Å²) in [5.74, 6) is -0.964. The Hall–Kier alpha value is -2.08. The van der Waals surface area contributed by atoms with Gasteiger partial charge in [0.05, 0.1) is 29.3 Å². The van der Waals surface area contributed by atoms with Crippen LogP contribution in [0.4, 0.5) is 5.69 Å². The van der Waals surface area contributed by atoms with Gasteiger partial charge in [0.1, 0.15) is 0 Å². The summed E-state index contributed by atoms with van der Waals surface area (Å²) in [6.45, 7) is 3.15. The van der Waals surface area contributed by atoms with Crippen LogP contribution in [0.25, 0.3) is 0 Å². The van der Waals surface area contributed by atoms with E-state index in [2.05, 4.69) is 6.92 Å². The molecule has 0 aromatic heterocycles. The lowest BCUT2D eigenvalue weighted by atomic mass is 9.97. The van der Waals surface area contributed by atoms with Gasteiger partial charge in [-0.1, -0.05) is 18.5 Å². The first-order valence-corrected chi connectivity index (χ1v) is 9.82. The summed E-state index contributed by atoms with van der Waals surface area (Å²) in [5, 5.41) is 0.369. The third-order valence-corrected chi connectivity index (χ3v) is 5.83. The molecule has 2 unspecified atom stereocenters. The van der Waals surface area contributed by atoms with Gasteiger partial charge < -0.3 is 14.5 Å². The topological polar surface area (TPSA) is 66.9 Å². The molecule has 2 aliphatic heterocycles.